The lowest BCUT2D eigenvalue weighted by molar-refractivity contribution is 0.311. The van der Waals surface area contributed by atoms with Crippen LogP contribution in [0.15, 0.2) is 59.7 Å². The number of hydrogen-bond donors (Lipinski definition) is 2. The van der Waals surface area contributed by atoms with Crippen LogP contribution in [0.2, 0.25) is 5.02 Å². The highest BCUT2D eigenvalue weighted by Crippen LogP contribution is 2.24. The van der Waals surface area contributed by atoms with Gasteiger partial charge < -0.3 is 15.0 Å². The number of anilines is 1. The van der Waals surface area contributed by atoms with Crippen molar-refractivity contribution >= 4 is 17.5 Å². The highest BCUT2D eigenvalue weighted by Gasteiger charge is 2.14. The summed E-state index contributed by atoms with van der Waals surface area (Å²) in [5.41, 5.74) is 2.25. The Kier molecular flexibility index (Phi) is 6.21. The first-order valence-corrected chi connectivity index (χ1v) is 9.16. The van der Waals surface area contributed by atoms with Crippen LogP contribution in [0.25, 0.3) is 11.3 Å². The van der Waals surface area contributed by atoms with Gasteiger partial charge in [0.25, 0.3) is 5.56 Å². The predicted molar refractivity (Wildman–Crippen MR) is 107 cm³/mol. The molecule has 1 atom stereocenters. The molecule has 2 N–H and O–H groups in total. The summed E-state index contributed by atoms with van der Waals surface area (Å²) in [7, 11) is 0. The van der Waals surface area contributed by atoms with Crippen molar-refractivity contribution < 1.29 is 5.11 Å². The molecule has 2 aromatic heterocycles. The number of benzene rings is 1. The third-order valence-electron chi connectivity index (χ3n) is 4.25. The Morgan fingerprint density at radius 3 is 2.81 bits per heavy atom. The first-order chi connectivity index (χ1) is 13.1. The van der Waals surface area contributed by atoms with Crippen LogP contribution in [0.3, 0.4) is 0 Å². The summed E-state index contributed by atoms with van der Waals surface area (Å²) in [6.45, 7) is 2.39. The number of aliphatic hydroxyl groups excluding tert-OH is 1. The van der Waals surface area contributed by atoms with Gasteiger partial charge in [-0.25, -0.2) is 9.97 Å². The molecule has 0 saturated carbocycles. The Morgan fingerprint density at radius 1 is 1.26 bits per heavy atom. The van der Waals surface area contributed by atoms with Gasteiger partial charge in [-0.1, -0.05) is 30.7 Å². The van der Waals surface area contributed by atoms with Gasteiger partial charge in [0, 0.05) is 35.6 Å². The van der Waals surface area contributed by atoms with Gasteiger partial charge in [0.15, 0.2) is 0 Å². The molecular formula is C20H21ClN4O2. The molecule has 0 saturated heterocycles. The molecule has 7 heteroatoms. The zero-order valence-electron chi connectivity index (χ0n) is 15.0. The van der Waals surface area contributed by atoms with Gasteiger partial charge in [0.1, 0.15) is 0 Å². The van der Waals surface area contributed by atoms with Crippen molar-refractivity contribution in [3.63, 3.8) is 0 Å². The summed E-state index contributed by atoms with van der Waals surface area (Å²) in [5, 5.41) is 12.5. The first-order valence-electron chi connectivity index (χ1n) is 8.78. The van der Waals surface area contributed by atoms with Gasteiger partial charge in [-0.15, -0.1) is 0 Å². The van der Waals surface area contributed by atoms with Crippen molar-refractivity contribution in [2.75, 3.05) is 18.5 Å². The maximum Gasteiger partial charge on any atom is 0.251 e. The summed E-state index contributed by atoms with van der Waals surface area (Å²) in [6, 6.07) is 12.7. The number of nitrogens with zero attached hydrogens (tertiary/aromatic N) is 3. The molecule has 0 aliphatic heterocycles. The smallest absolute Gasteiger partial charge is 0.251 e. The second-order valence-electron chi connectivity index (χ2n) is 6.06. The number of aliphatic hydroxyl groups is 1. The Morgan fingerprint density at radius 2 is 2.11 bits per heavy atom. The van der Waals surface area contributed by atoms with Crippen molar-refractivity contribution in [3.05, 3.63) is 75.8 Å². The van der Waals surface area contributed by atoms with Crippen molar-refractivity contribution in [2.24, 2.45) is 0 Å². The molecule has 0 aliphatic rings. The van der Waals surface area contributed by atoms with Crippen LogP contribution in [-0.2, 0) is 0 Å². The van der Waals surface area contributed by atoms with E-state index in [-0.39, 0.29) is 18.2 Å². The molecule has 0 radical (unpaired) electrons. The average molecular weight is 385 g/mol. The normalized spacial score (nSPS) is 12.0. The van der Waals surface area contributed by atoms with E-state index in [9.17, 15) is 4.79 Å². The first kappa shape index (κ1) is 19.1. The summed E-state index contributed by atoms with van der Waals surface area (Å²) in [5.74, 6) is 0.413. The molecule has 0 fully saturated rings. The van der Waals surface area contributed by atoms with E-state index >= 15 is 0 Å². The third kappa shape index (κ3) is 4.53. The molecule has 3 rings (SSSR count). The molecule has 2 heterocycles. The topological polar surface area (TPSA) is 80.0 Å². The van der Waals surface area contributed by atoms with E-state index in [2.05, 4.69) is 15.3 Å². The molecule has 0 amide bonds. The molecular weight excluding hydrogens is 364 g/mol. The Labute approximate surface area is 162 Å². The van der Waals surface area contributed by atoms with Crippen molar-refractivity contribution in [1.82, 2.24) is 14.5 Å². The highest BCUT2D eigenvalue weighted by molar-refractivity contribution is 6.30. The Bertz CT molecular complexity index is 974. The molecule has 0 aliphatic carbocycles. The molecule has 6 nitrogen and oxygen atoms in total. The van der Waals surface area contributed by atoms with Crippen LogP contribution in [0.5, 0.6) is 0 Å². The van der Waals surface area contributed by atoms with Gasteiger partial charge in [-0.3, -0.25) is 4.79 Å². The van der Waals surface area contributed by atoms with Crippen LogP contribution in [0.4, 0.5) is 5.95 Å². The van der Waals surface area contributed by atoms with E-state index < -0.39 is 0 Å². The minimum Gasteiger partial charge on any atom is -0.395 e. The molecule has 0 bridgehead atoms. The molecule has 27 heavy (non-hydrogen) atoms. The van der Waals surface area contributed by atoms with Crippen LogP contribution >= 0.6 is 11.6 Å². The minimum atomic E-state index is -0.109. The van der Waals surface area contributed by atoms with Gasteiger partial charge >= 0.3 is 0 Å². The van der Waals surface area contributed by atoms with Gasteiger partial charge in [0.2, 0.25) is 5.95 Å². The second-order valence-corrected chi connectivity index (χ2v) is 6.49. The van der Waals surface area contributed by atoms with E-state index in [1.807, 2.05) is 37.3 Å². The zero-order chi connectivity index (χ0) is 19.2. The van der Waals surface area contributed by atoms with Crippen LogP contribution < -0.4 is 10.9 Å². The van der Waals surface area contributed by atoms with Gasteiger partial charge in [-0.2, -0.15) is 0 Å². The maximum absolute atomic E-state index is 12.8. The summed E-state index contributed by atoms with van der Waals surface area (Å²) in [4.78, 5) is 21.3. The average Bonchev–Trinajstić information content (AvgIpc) is 2.68. The lowest BCUT2D eigenvalue weighted by Gasteiger charge is -2.19. The van der Waals surface area contributed by atoms with Gasteiger partial charge in [-0.05, 0) is 36.2 Å². The van der Waals surface area contributed by atoms with E-state index in [4.69, 9.17) is 16.7 Å². The maximum atomic E-state index is 12.8. The lowest BCUT2D eigenvalue weighted by Crippen LogP contribution is -2.24. The second kappa shape index (κ2) is 8.79. The van der Waals surface area contributed by atoms with Crippen LogP contribution in [0, 0.1) is 0 Å². The number of rotatable bonds is 7. The SMILES string of the molecule is CCC(c1cccc(Cl)c1)n1ccc(-c2ccnc(NCCO)n2)cc1=O. The van der Waals surface area contributed by atoms with Gasteiger partial charge in [0.05, 0.1) is 18.3 Å². The summed E-state index contributed by atoms with van der Waals surface area (Å²) < 4.78 is 1.71. The molecule has 1 unspecified atom stereocenters. The number of pyridine rings is 1. The fourth-order valence-corrected chi connectivity index (χ4v) is 3.18. The molecule has 3 aromatic rings. The third-order valence-corrected chi connectivity index (χ3v) is 4.49. The Hall–Kier alpha value is -2.70. The van der Waals surface area contributed by atoms with E-state index in [1.165, 1.54) is 0 Å². The van der Waals surface area contributed by atoms with Crippen LogP contribution in [0.1, 0.15) is 24.9 Å². The predicted octanol–water partition coefficient (Wildman–Crippen LogP) is 3.36. The number of nitrogens with one attached hydrogen (secondary N) is 1. The quantitative estimate of drug-likeness (QED) is 0.652. The lowest BCUT2D eigenvalue weighted by atomic mass is 10.0. The number of halogens is 1. The van der Waals surface area contributed by atoms with Crippen molar-refractivity contribution in [2.45, 2.75) is 19.4 Å². The number of aromatic nitrogens is 3. The summed E-state index contributed by atoms with van der Waals surface area (Å²) >= 11 is 6.11. The highest BCUT2D eigenvalue weighted by atomic mass is 35.5. The monoisotopic (exact) mass is 384 g/mol. The zero-order valence-corrected chi connectivity index (χ0v) is 15.7. The fraction of sp³-hybridized carbons (Fsp3) is 0.250. The molecule has 140 valence electrons. The number of hydrogen-bond acceptors (Lipinski definition) is 5. The molecule has 0 spiro atoms. The largest absolute Gasteiger partial charge is 0.395 e. The standard InChI is InChI=1S/C20H21ClN4O2/c1-2-18(15-4-3-5-16(21)12-15)25-10-7-14(13-19(25)27)17-6-8-22-20(24-17)23-9-11-26/h3-8,10,12-13,18,26H,2,9,11H2,1H3,(H,22,23,24). The van der Waals surface area contributed by atoms with Crippen molar-refractivity contribution in [1.29, 1.82) is 0 Å². The molecule has 1 aromatic carbocycles. The minimum absolute atomic E-state index is 0.00839. The fourth-order valence-electron chi connectivity index (χ4n) is 2.99. The van der Waals surface area contributed by atoms with Crippen LogP contribution in [-0.4, -0.2) is 32.8 Å². The summed E-state index contributed by atoms with van der Waals surface area (Å²) in [6.07, 6.45) is 4.17. The van der Waals surface area contributed by atoms with E-state index in [0.717, 1.165) is 12.0 Å². The Balaban J connectivity index is 1.93. The van der Waals surface area contributed by atoms with E-state index in [0.29, 0.717) is 28.8 Å². The van der Waals surface area contributed by atoms with Crippen molar-refractivity contribution in [3.8, 4) is 11.3 Å². The van der Waals surface area contributed by atoms with E-state index in [1.54, 1.807) is 29.1 Å².